The third kappa shape index (κ3) is 2.66. The zero-order valence-electron chi connectivity index (χ0n) is 15.6. The number of carbonyl (C=O) groups excluding carboxylic acids is 1. The number of fused-ring (bicyclic) bond motifs is 3. The second kappa shape index (κ2) is 6.76. The van der Waals surface area contributed by atoms with Crippen molar-refractivity contribution in [1.29, 1.82) is 0 Å². The highest BCUT2D eigenvalue weighted by Gasteiger charge is 2.21. The van der Waals surface area contributed by atoms with E-state index in [1.54, 1.807) is 38.2 Å². The SMILES string of the molecule is CCOC(=O)c1c(C)nn2c1ncc1c(=O)n(-c3cccc(Cl)c3C)ccc12. The van der Waals surface area contributed by atoms with Crippen LogP contribution in [0.25, 0.3) is 22.2 Å². The lowest BCUT2D eigenvalue weighted by Crippen LogP contribution is -2.19. The van der Waals surface area contributed by atoms with Crippen LogP contribution in [-0.2, 0) is 4.74 Å². The Hall–Kier alpha value is -3.19. The van der Waals surface area contributed by atoms with E-state index in [9.17, 15) is 9.59 Å². The first-order valence-corrected chi connectivity index (χ1v) is 9.14. The highest BCUT2D eigenvalue weighted by molar-refractivity contribution is 6.31. The van der Waals surface area contributed by atoms with Crippen LogP contribution >= 0.6 is 11.6 Å². The summed E-state index contributed by atoms with van der Waals surface area (Å²) in [6.07, 6.45) is 3.14. The number of halogens is 1. The van der Waals surface area contributed by atoms with E-state index in [-0.39, 0.29) is 12.2 Å². The quantitative estimate of drug-likeness (QED) is 0.495. The highest BCUT2D eigenvalue weighted by Crippen LogP contribution is 2.23. The van der Waals surface area contributed by atoms with Gasteiger partial charge in [-0.3, -0.25) is 9.36 Å². The van der Waals surface area contributed by atoms with Gasteiger partial charge in [0, 0.05) is 17.4 Å². The average Bonchev–Trinajstić information content (AvgIpc) is 3.01. The first-order chi connectivity index (χ1) is 13.4. The molecule has 0 aliphatic rings. The van der Waals surface area contributed by atoms with E-state index in [0.29, 0.717) is 38.5 Å². The van der Waals surface area contributed by atoms with Gasteiger partial charge < -0.3 is 4.74 Å². The van der Waals surface area contributed by atoms with Crippen LogP contribution in [0.1, 0.15) is 28.5 Å². The zero-order chi connectivity index (χ0) is 20.0. The minimum Gasteiger partial charge on any atom is -0.462 e. The van der Waals surface area contributed by atoms with Crippen LogP contribution in [0.5, 0.6) is 0 Å². The third-order valence-electron chi connectivity index (χ3n) is 4.66. The van der Waals surface area contributed by atoms with Gasteiger partial charge in [0.25, 0.3) is 5.56 Å². The maximum absolute atomic E-state index is 13.1. The van der Waals surface area contributed by atoms with Crippen molar-refractivity contribution >= 4 is 34.1 Å². The van der Waals surface area contributed by atoms with Gasteiger partial charge in [0.15, 0.2) is 5.65 Å². The molecule has 0 bridgehead atoms. The van der Waals surface area contributed by atoms with E-state index in [0.717, 1.165) is 5.56 Å². The summed E-state index contributed by atoms with van der Waals surface area (Å²) in [6.45, 7) is 5.57. The number of carbonyl (C=O) groups is 1. The number of rotatable bonds is 3. The fraction of sp³-hybridized carbons (Fsp3) is 0.200. The van der Waals surface area contributed by atoms with Crippen LogP contribution in [0.4, 0.5) is 0 Å². The van der Waals surface area contributed by atoms with Crippen molar-refractivity contribution < 1.29 is 9.53 Å². The number of pyridine rings is 1. The third-order valence-corrected chi connectivity index (χ3v) is 5.07. The molecule has 0 spiro atoms. The standard InChI is InChI=1S/C20H17ClN4O3/c1-4-28-20(27)17-12(3)23-25-16-8-9-24(15-7-5-6-14(21)11(15)2)19(26)13(16)10-22-18(17)25/h5-10H,4H2,1-3H3. The molecule has 8 heteroatoms. The summed E-state index contributed by atoms with van der Waals surface area (Å²) in [6, 6.07) is 7.18. The largest absolute Gasteiger partial charge is 0.462 e. The van der Waals surface area contributed by atoms with Crippen molar-refractivity contribution in [2.45, 2.75) is 20.8 Å². The monoisotopic (exact) mass is 396 g/mol. The van der Waals surface area contributed by atoms with E-state index < -0.39 is 5.97 Å². The van der Waals surface area contributed by atoms with Gasteiger partial charge in [0.1, 0.15) is 5.56 Å². The smallest absolute Gasteiger partial charge is 0.343 e. The Balaban J connectivity index is 1.99. The van der Waals surface area contributed by atoms with Gasteiger partial charge in [-0.25, -0.2) is 14.3 Å². The predicted octanol–water partition coefficient (Wildman–Crippen LogP) is 3.48. The molecule has 3 aromatic heterocycles. The summed E-state index contributed by atoms with van der Waals surface area (Å²) >= 11 is 6.20. The number of aryl methyl sites for hydroxylation is 1. The Morgan fingerprint density at radius 2 is 2.04 bits per heavy atom. The number of benzene rings is 1. The lowest BCUT2D eigenvalue weighted by atomic mass is 10.2. The molecule has 0 amide bonds. The summed E-state index contributed by atoms with van der Waals surface area (Å²) in [4.78, 5) is 29.7. The van der Waals surface area contributed by atoms with Crippen molar-refractivity contribution in [2.24, 2.45) is 0 Å². The lowest BCUT2D eigenvalue weighted by Gasteiger charge is -2.11. The van der Waals surface area contributed by atoms with Crippen molar-refractivity contribution in [1.82, 2.24) is 19.2 Å². The van der Waals surface area contributed by atoms with E-state index in [2.05, 4.69) is 10.1 Å². The molecular formula is C20H17ClN4O3. The zero-order valence-corrected chi connectivity index (χ0v) is 16.3. The topological polar surface area (TPSA) is 78.5 Å². The average molecular weight is 397 g/mol. The molecule has 3 heterocycles. The Kier molecular flexibility index (Phi) is 4.39. The molecule has 0 saturated carbocycles. The summed E-state index contributed by atoms with van der Waals surface area (Å²) in [5, 5.41) is 5.37. The number of esters is 1. The number of aromatic nitrogens is 4. The molecule has 28 heavy (non-hydrogen) atoms. The van der Waals surface area contributed by atoms with E-state index in [1.807, 2.05) is 13.0 Å². The highest BCUT2D eigenvalue weighted by atomic mass is 35.5. The maximum atomic E-state index is 13.1. The Labute approximate surface area is 165 Å². The molecule has 7 nitrogen and oxygen atoms in total. The molecule has 0 fully saturated rings. The molecule has 0 aliphatic heterocycles. The minimum atomic E-state index is -0.482. The molecule has 142 valence electrons. The van der Waals surface area contributed by atoms with Crippen molar-refractivity contribution in [2.75, 3.05) is 6.61 Å². The summed E-state index contributed by atoms with van der Waals surface area (Å²) < 4.78 is 8.14. The van der Waals surface area contributed by atoms with Crippen molar-refractivity contribution in [3.63, 3.8) is 0 Å². The van der Waals surface area contributed by atoms with Gasteiger partial charge in [-0.05, 0) is 44.5 Å². The molecule has 0 radical (unpaired) electrons. The molecule has 1 aromatic carbocycles. The molecule has 0 N–H and O–H groups in total. The first kappa shape index (κ1) is 18.2. The number of nitrogens with zero attached hydrogens (tertiary/aromatic N) is 4. The summed E-state index contributed by atoms with van der Waals surface area (Å²) in [5.74, 6) is -0.482. The van der Waals surface area contributed by atoms with Gasteiger partial charge in [-0.2, -0.15) is 5.10 Å². The van der Waals surface area contributed by atoms with E-state index in [4.69, 9.17) is 16.3 Å². The predicted molar refractivity (Wildman–Crippen MR) is 107 cm³/mol. The molecule has 4 rings (SSSR count). The van der Waals surface area contributed by atoms with Gasteiger partial charge in [-0.15, -0.1) is 0 Å². The van der Waals surface area contributed by atoms with Crippen LogP contribution in [0.15, 0.2) is 41.5 Å². The Morgan fingerprint density at radius 1 is 1.25 bits per heavy atom. The minimum absolute atomic E-state index is 0.247. The molecule has 0 aliphatic carbocycles. The van der Waals surface area contributed by atoms with Crippen molar-refractivity contribution in [3.05, 3.63) is 68.9 Å². The fourth-order valence-electron chi connectivity index (χ4n) is 3.26. The summed E-state index contributed by atoms with van der Waals surface area (Å²) in [7, 11) is 0. The Bertz CT molecular complexity index is 1310. The number of hydrogen-bond acceptors (Lipinski definition) is 5. The molecule has 4 aromatic rings. The summed E-state index contributed by atoms with van der Waals surface area (Å²) in [5.41, 5.74) is 2.97. The van der Waals surface area contributed by atoms with Gasteiger partial charge >= 0.3 is 5.97 Å². The van der Waals surface area contributed by atoms with Gasteiger partial charge in [0.2, 0.25) is 0 Å². The fourth-order valence-corrected chi connectivity index (χ4v) is 3.43. The Morgan fingerprint density at radius 3 is 2.79 bits per heavy atom. The second-order valence-electron chi connectivity index (χ2n) is 6.35. The number of hydrogen-bond donors (Lipinski definition) is 0. The van der Waals surface area contributed by atoms with E-state index in [1.165, 1.54) is 15.3 Å². The van der Waals surface area contributed by atoms with E-state index >= 15 is 0 Å². The molecule has 0 saturated heterocycles. The van der Waals surface area contributed by atoms with Crippen LogP contribution in [0.3, 0.4) is 0 Å². The molecule has 0 atom stereocenters. The van der Waals surface area contributed by atoms with Gasteiger partial charge in [0.05, 0.1) is 28.9 Å². The maximum Gasteiger partial charge on any atom is 0.343 e. The van der Waals surface area contributed by atoms with Crippen molar-refractivity contribution in [3.8, 4) is 5.69 Å². The molecular weight excluding hydrogens is 380 g/mol. The van der Waals surface area contributed by atoms with Crippen LogP contribution in [0, 0.1) is 13.8 Å². The van der Waals surface area contributed by atoms with Crippen LogP contribution in [0.2, 0.25) is 5.02 Å². The normalized spacial score (nSPS) is 11.3. The number of ether oxygens (including phenoxy) is 1. The van der Waals surface area contributed by atoms with Gasteiger partial charge in [-0.1, -0.05) is 17.7 Å². The van der Waals surface area contributed by atoms with Crippen LogP contribution in [-0.4, -0.2) is 31.7 Å². The van der Waals surface area contributed by atoms with Crippen LogP contribution < -0.4 is 5.56 Å². The lowest BCUT2D eigenvalue weighted by molar-refractivity contribution is 0.0527. The first-order valence-electron chi connectivity index (χ1n) is 8.76. The second-order valence-corrected chi connectivity index (χ2v) is 6.76. The molecule has 0 unspecified atom stereocenters.